The second-order valence-corrected chi connectivity index (χ2v) is 5.61. The van der Waals surface area contributed by atoms with E-state index in [1.165, 1.54) is 13.2 Å². The predicted molar refractivity (Wildman–Crippen MR) is 97.4 cm³/mol. The molecule has 0 saturated heterocycles. The van der Waals surface area contributed by atoms with E-state index in [9.17, 15) is 10.2 Å². The van der Waals surface area contributed by atoms with Crippen LogP contribution in [0.4, 0.5) is 0 Å². The lowest BCUT2D eigenvalue weighted by molar-refractivity contribution is 0.0450. The minimum atomic E-state index is -0.894. The summed E-state index contributed by atoms with van der Waals surface area (Å²) in [5.41, 5.74) is 1.59. The number of rotatable bonds is 7. The van der Waals surface area contributed by atoms with E-state index in [1.807, 2.05) is 37.3 Å². The largest absolute Gasteiger partial charge is 0.504 e. The Hall–Kier alpha value is -2.66. The standard InChI is InChI=1S/C20H24O5/c1-5-6-14-7-10-17(19(11-14)24-4)25-13(2)20(22)15-8-9-16(21)18(12-15)23-3/h5-13,20-22H,1-4H3/t13-,20+/m1/s1. The number of phenolic OH excluding ortho intramolecular Hbond substituents is 1. The molecule has 0 fully saturated rings. The lowest BCUT2D eigenvalue weighted by Gasteiger charge is -2.22. The van der Waals surface area contributed by atoms with E-state index in [0.717, 1.165) is 5.56 Å². The SMILES string of the molecule is CC=Cc1ccc(O[C@H](C)[C@H](O)c2ccc(O)c(OC)c2)c(OC)c1. The average molecular weight is 344 g/mol. The topological polar surface area (TPSA) is 68.2 Å². The van der Waals surface area contributed by atoms with Gasteiger partial charge in [0.05, 0.1) is 14.2 Å². The molecule has 0 aliphatic carbocycles. The third-order valence-corrected chi connectivity index (χ3v) is 3.85. The van der Waals surface area contributed by atoms with Gasteiger partial charge in [-0.05, 0) is 49.2 Å². The molecule has 0 aliphatic heterocycles. The highest BCUT2D eigenvalue weighted by molar-refractivity contribution is 5.55. The summed E-state index contributed by atoms with van der Waals surface area (Å²) in [4.78, 5) is 0. The summed E-state index contributed by atoms with van der Waals surface area (Å²) in [5.74, 6) is 1.47. The van der Waals surface area contributed by atoms with Gasteiger partial charge in [-0.25, -0.2) is 0 Å². The van der Waals surface area contributed by atoms with Crippen molar-refractivity contribution in [1.29, 1.82) is 0 Å². The van der Waals surface area contributed by atoms with Crippen LogP contribution in [0.2, 0.25) is 0 Å². The first-order valence-corrected chi connectivity index (χ1v) is 8.02. The Kier molecular flexibility index (Phi) is 6.31. The predicted octanol–water partition coefficient (Wildman–Crippen LogP) is 3.94. The molecule has 25 heavy (non-hydrogen) atoms. The van der Waals surface area contributed by atoms with Gasteiger partial charge in [0, 0.05) is 0 Å². The van der Waals surface area contributed by atoms with Crippen molar-refractivity contribution >= 4 is 6.08 Å². The van der Waals surface area contributed by atoms with Crippen molar-refractivity contribution in [3.63, 3.8) is 0 Å². The molecule has 134 valence electrons. The summed E-state index contributed by atoms with van der Waals surface area (Å²) in [6.07, 6.45) is 2.48. The molecule has 0 aromatic heterocycles. The molecule has 2 aromatic rings. The van der Waals surface area contributed by atoms with Gasteiger partial charge in [-0.3, -0.25) is 0 Å². The number of phenols is 1. The Balaban J connectivity index is 2.19. The Morgan fingerprint density at radius 3 is 2.32 bits per heavy atom. The van der Waals surface area contributed by atoms with E-state index in [2.05, 4.69) is 0 Å². The molecular formula is C20H24O5. The van der Waals surface area contributed by atoms with Gasteiger partial charge in [0.25, 0.3) is 0 Å². The molecule has 0 spiro atoms. The van der Waals surface area contributed by atoms with Crippen molar-refractivity contribution in [2.75, 3.05) is 14.2 Å². The van der Waals surface area contributed by atoms with Gasteiger partial charge >= 0.3 is 0 Å². The van der Waals surface area contributed by atoms with Crippen LogP contribution in [0.25, 0.3) is 6.08 Å². The fraction of sp³-hybridized carbons (Fsp3) is 0.300. The second kappa shape index (κ2) is 8.44. The third kappa shape index (κ3) is 4.45. The lowest BCUT2D eigenvalue weighted by Crippen LogP contribution is -2.22. The summed E-state index contributed by atoms with van der Waals surface area (Å²) >= 11 is 0. The van der Waals surface area contributed by atoms with Gasteiger partial charge in [-0.1, -0.05) is 24.3 Å². The average Bonchev–Trinajstić information content (AvgIpc) is 2.62. The smallest absolute Gasteiger partial charge is 0.161 e. The highest BCUT2D eigenvalue weighted by Crippen LogP contribution is 2.34. The molecule has 0 radical (unpaired) electrons. The molecule has 0 saturated carbocycles. The zero-order chi connectivity index (χ0) is 18.4. The minimum absolute atomic E-state index is 0.0215. The van der Waals surface area contributed by atoms with Crippen LogP contribution in [0.5, 0.6) is 23.0 Å². The number of benzene rings is 2. The summed E-state index contributed by atoms with van der Waals surface area (Å²) in [6, 6.07) is 10.3. The van der Waals surface area contributed by atoms with Crippen molar-refractivity contribution in [2.24, 2.45) is 0 Å². The van der Waals surface area contributed by atoms with E-state index in [-0.39, 0.29) is 5.75 Å². The van der Waals surface area contributed by atoms with Crippen molar-refractivity contribution in [1.82, 2.24) is 0 Å². The maximum absolute atomic E-state index is 10.5. The maximum Gasteiger partial charge on any atom is 0.161 e. The molecular weight excluding hydrogens is 320 g/mol. The molecule has 0 aliphatic rings. The molecule has 0 heterocycles. The van der Waals surface area contributed by atoms with Crippen LogP contribution in [-0.2, 0) is 0 Å². The maximum atomic E-state index is 10.5. The second-order valence-electron chi connectivity index (χ2n) is 5.61. The van der Waals surface area contributed by atoms with Gasteiger partial charge in [-0.15, -0.1) is 0 Å². The fourth-order valence-electron chi connectivity index (χ4n) is 2.49. The zero-order valence-electron chi connectivity index (χ0n) is 14.9. The van der Waals surface area contributed by atoms with Crippen LogP contribution >= 0.6 is 0 Å². The van der Waals surface area contributed by atoms with E-state index in [0.29, 0.717) is 22.8 Å². The number of aliphatic hydroxyl groups is 1. The Bertz CT molecular complexity index is 739. The van der Waals surface area contributed by atoms with Crippen molar-refractivity contribution < 1.29 is 24.4 Å². The Labute approximate surface area is 148 Å². The van der Waals surface area contributed by atoms with Crippen LogP contribution in [0.1, 0.15) is 31.1 Å². The Morgan fingerprint density at radius 1 is 0.960 bits per heavy atom. The normalized spacial score (nSPS) is 13.5. The molecule has 2 N–H and O–H groups in total. The number of aromatic hydroxyl groups is 1. The molecule has 0 bridgehead atoms. The van der Waals surface area contributed by atoms with E-state index in [4.69, 9.17) is 14.2 Å². The summed E-state index contributed by atoms with van der Waals surface area (Å²) in [6.45, 7) is 3.71. The zero-order valence-corrected chi connectivity index (χ0v) is 14.9. The highest BCUT2D eigenvalue weighted by atomic mass is 16.5. The highest BCUT2D eigenvalue weighted by Gasteiger charge is 2.21. The van der Waals surface area contributed by atoms with E-state index < -0.39 is 12.2 Å². The number of methoxy groups -OCH3 is 2. The number of hydrogen-bond acceptors (Lipinski definition) is 5. The Morgan fingerprint density at radius 2 is 1.68 bits per heavy atom. The molecule has 5 nitrogen and oxygen atoms in total. The molecule has 0 unspecified atom stereocenters. The van der Waals surface area contributed by atoms with E-state index >= 15 is 0 Å². The monoisotopic (exact) mass is 344 g/mol. The number of allylic oxidation sites excluding steroid dienone is 1. The summed E-state index contributed by atoms with van der Waals surface area (Å²) in [7, 11) is 3.04. The van der Waals surface area contributed by atoms with Gasteiger partial charge in [0.1, 0.15) is 12.2 Å². The first-order valence-electron chi connectivity index (χ1n) is 8.02. The fourth-order valence-corrected chi connectivity index (χ4v) is 2.49. The molecule has 0 amide bonds. The van der Waals surface area contributed by atoms with Crippen LogP contribution in [0, 0.1) is 0 Å². The molecule has 5 heteroatoms. The minimum Gasteiger partial charge on any atom is -0.504 e. The van der Waals surface area contributed by atoms with Gasteiger partial charge in [-0.2, -0.15) is 0 Å². The van der Waals surface area contributed by atoms with Crippen molar-refractivity contribution in [3.8, 4) is 23.0 Å². The number of hydrogen-bond donors (Lipinski definition) is 2. The van der Waals surface area contributed by atoms with Crippen molar-refractivity contribution in [2.45, 2.75) is 26.1 Å². The first-order chi connectivity index (χ1) is 12.0. The van der Waals surface area contributed by atoms with E-state index in [1.54, 1.807) is 26.2 Å². The molecule has 2 rings (SSSR count). The molecule has 2 aromatic carbocycles. The quantitative estimate of drug-likeness (QED) is 0.796. The summed E-state index contributed by atoms with van der Waals surface area (Å²) in [5, 5.41) is 20.2. The number of aliphatic hydroxyl groups excluding tert-OH is 1. The molecule has 2 atom stereocenters. The lowest BCUT2D eigenvalue weighted by atomic mass is 10.0. The van der Waals surface area contributed by atoms with Crippen LogP contribution in [0.15, 0.2) is 42.5 Å². The first kappa shape index (κ1) is 18.7. The summed E-state index contributed by atoms with van der Waals surface area (Å²) < 4.78 is 16.3. The van der Waals surface area contributed by atoms with Crippen LogP contribution in [-0.4, -0.2) is 30.5 Å². The van der Waals surface area contributed by atoms with Gasteiger partial charge < -0.3 is 24.4 Å². The third-order valence-electron chi connectivity index (χ3n) is 3.85. The van der Waals surface area contributed by atoms with Crippen LogP contribution in [0.3, 0.4) is 0 Å². The van der Waals surface area contributed by atoms with Gasteiger partial charge in [0.15, 0.2) is 23.0 Å². The number of ether oxygens (including phenoxy) is 3. The van der Waals surface area contributed by atoms with Crippen LogP contribution < -0.4 is 14.2 Å². The van der Waals surface area contributed by atoms with Gasteiger partial charge in [0.2, 0.25) is 0 Å². The van der Waals surface area contributed by atoms with Crippen molar-refractivity contribution in [3.05, 3.63) is 53.6 Å².